The van der Waals surface area contributed by atoms with E-state index < -0.39 is 11.6 Å². The Labute approximate surface area is 316 Å². The van der Waals surface area contributed by atoms with Crippen molar-refractivity contribution in [3.8, 4) is 57.4 Å². The van der Waals surface area contributed by atoms with Gasteiger partial charge in [0.2, 0.25) is 0 Å². The number of nitriles is 2. The highest BCUT2D eigenvalue weighted by Gasteiger charge is 2.39. The van der Waals surface area contributed by atoms with Gasteiger partial charge in [-0.3, -0.25) is 0 Å². The van der Waals surface area contributed by atoms with Gasteiger partial charge in [0.1, 0.15) is 11.6 Å². The Kier molecular flexibility index (Phi) is 8.34. The first-order valence-electron chi connectivity index (χ1n) is 17.7. The third kappa shape index (κ3) is 6.02. The summed E-state index contributed by atoms with van der Waals surface area (Å²) < 4.78 is 30.8. The molecule has 0 radical (unpaired) electrons. The molecule has 0 N–H and O–H groups in total. The minimum absolute atomic E-state index is 0.109. The number of rotatable bonds is 6. The average Bonchev–Trinajstić information content (AvgIpc) is 3.57. The van der Waals surface area contributed by atoms with Crippen molar-refractivity contribution in [3.05, 3.63) is 192 Å². The fraction of sp³-hybridized carbons (Fsp3) is 0.0426. The third-order valence-corrected chi connectivity index (χ3v) is 10.0. The van der Waals surface area contributed by atoms with E-state index in [1.54, 1.807) is 30.3 Å². The molecule has 0 saturated heterocycles. The predicted octanol–water partition coefficient (Wildman–Crippen LogP) is 10.8. The maximum absolute atomic E-state index is 15.4. The lowest BCUT2D eigenvalue weighted by molar-refractivity contribution is 0.589. The molecule has 0 spiro atoms. The van der Waals surface area contributed by atoms with Crippen molar-refractivity contribution in [2.45, 2.75) is 12.0 Å². The van der Waals surface area contributed by atoms with Gasteiger partial charge in [-0.15, -0.1) is 0 Å². The van der Waals surface area contributed by atoms with Crippen molar-refractivity contribution in [3.63, 3.8) is 0 Å². The van der Waals surface area contributed by atoms with Crippen LogP contribution in [0.4, 0.5) is 20.2 Å². The first kappa shape index (κ1) is 33.3. The van der Waals surface area contributed by atoms with E-state index in [1.165, 1.54) is 18.2 Å². The van der Waals surface area contributed by atoms with Gasteiger partial charge >= 0.3 is 0 Å². The standard InChI is InChI=1S/C47H28F2N6/c48-39-15-9-16-40(49)44(39)34-19-21-43(38(26-34)47-53-45(31-10-3-1-4-11-31)52-46(54-47)32-12-5-2-6-13-32)55-41-17-8-7-14-36(41)37-25-33(18-20-42(37)55)35-23-29(27-50)22-30(24-35)28-51/h1-26,37,42H. The van der Waals surface area contributed by atoms with E-state index in [-0.39, 0.29) is 17.5 Å². The second-order valence-corrected chi connectivity index (χ2v) is 13.3. The van der Waals surface area contributed by atoms with Gasteiger partial charge in [-0.2, -0.15) is 10.5 Å². The molecule has 9 rings (SSSR count). The Morgan fingerprint density at radius 1 is 0.545 bits per heavy atom. The van der Waals surface area contributed by atoms with E-state index in [0.29, 0.717) is 39.7 Å². The average molecular weight is 715 g/mol. The third-order valence-electron chi connectivity index (χ3n) is 10.0. The molecule has 2 heterocycles. The number of anilines is 2. The van der Waals surface area contributed by atoms with Gasteiger partial charge in [0.05, 0.1) is 40.6 Å². The molecule has 0 amide bonds. The first-order chi connectivity index (χ1) is 27.0. The van der Waals surface area contributed by atoms with Gasteiger partial charge in [0, 0.05) is 28.3 Å². The minimum atomic E-state index is -0.677. The van der Waals surface area contributed by atoms with E-state index in [2.05, 4.69) is 41.3 Å². The second kappa shape index (κ2) is 13.8. The summed E-state index contributed by atoms with van der Waals surface area (Å²) in [4.78, 5) is 17.2. The van der Waals surface area contributed by atoms with Crippen LogP contribution in [0.2, 0.25) is 0 Å². The number of para-hydroxylation sites is 1. The molecule has 6 nitrogen and oxygen atoms in total. The molecule has 1 aromatic heterocycles. The predicted molar refractivity (Wildman–Crippen MR) is 210 cm³/mol. The topological polar surface area (TPSA) is 89.5 Å². The minimum Gasteiger partial charge on any atom is -0.333 e. The Balaban J connectivity index is 1.26. The summed E-state index contributed by atoms with van der Waals surface area (Å²) in [5, 5.41) is 19.3. The fourth-order valence-electron chi connectivity index (χ4n) is 7.53. The summed E-state index contributed by atoms with van der Waals surface area (Å²) in [5.41, 5.74) is 7.63. The molecule has 260 valence electrons. The number of benzene rings is 6. The van der Waals surface area contributed by atoms with Crippen LogP contribution in [0.15, 0.2) is 158 Å². The maximum atomic E-state index is 15.4. The molecular weight excluding hydrogens is 687 g/mol. The molecule has 2 aliphatic rings. The number of fused-ring (bicyclic) bond motifs is 3. The highest BCUT2D eigenvalue weighted by Crippen LogP contribution is 2.51. The molecule has 0 fully saturated rings. The normalized spacial score (nSPS) is 15.4. The smallest absolute Gasteiger partial charge is 0.166 e. The van der Waals surface area contributed by atoms with Crippen LogP contribution in [-0.4, -0.2) is 21.0 Å². The van der Waals surface area contributed by atoms with E-state index in [0.717, 1.165) is 39.2 Å². The zero-order chi connectivity index (χ0) is 37.5. The van der Waals surface area contributed by atoms with Crippen LogP contribution in [0.1, 0.15) is 28.2 Å². The van der Waals surface area contributed by atoms with E-state index in [1.807, 2.05) is 84.9 Å². The number of nitrogens with zero attached hydrogens (tertiary/aromatic N) is 6. The second-order valence-electron chi connectivity index (χ2n) is 13.3. The highest BCUT2D eigenvalue weighted by molar-refractivity contribution is 5.90. The van der Waals surface area contributed by atoms with Crippen LogP contribution < -0.4 is 4.90 Å². The molecule has 0 saturated carbocycles. The van der Waals surface area contributed by atoms with Crippen molar-refractivity contribution in [1.29, 1.82) is 10.5 Å². The Hall–Kier alpha value is -7.55. The number of hydrogen-bond donors (Lipinski definition) is 0. The summed E-state index contributed by atoms with van der Waals surface area (Å²) in [6.45, 7) is 0. The lowest BCUT2D eigenvalue weighted by atomic mass is 9.85. The zero-order valence-electron chi connectivity index (χ0n) is 29.1. The summed E-state index contributed by atoms with van der Waals surface area (Å²) in [6.07, 6.45) is 6.32. The van der Waals surface area contributed by atoms with Crippen LogP contribution in [0.5, 0.6) is 0 Å². The lowest BCUT2D eigenvalue weighted by Crippen LogP contribution is -2.29. The zero-order valence-corrected chi connectivity index (χ0v) is 29.1. The molecule has 1 aliphatic heterocycles. The molecular formula is C47H28F2N6. The largest absolute Gasteiger partial charge is 0.333 e. The van der Waals surface area contributed by atoms with Crippen molar-refractivity contribution in [2.75, 3.05) is 4.90 Å². The van der Waals surface area contributed by atoms with Crippen molar-refractivity contribution in [1.82, 2.24) is 15.0 Å². The summed E-state index contributed by atoms with van der Waals surface area (Å²) in [7, 11) is 0. The van der Waals surface area contributed by atoms with Crippen LogP contribution in [-0.2, 0) is 0 Å². The number of halogens is 2. The SMILES string of the molecule is N#Cc1cc(C#N)cc(C2=CC3c4ccccc4N(c4ccc(-c5c(F)cccc5F)cc4-c4nc(-c5ccccc5)nc(-c5ccccc5)n4)C3C=C2)c1. The molecule has 0 bridgehead atoms. The fourth-order valence-corrected chi connectivity index (χ4v) is 7.53. The van der Waals surface area contributed by atoms with E-state index >= 15 is 8.78 Å². The molecule has 55 heavy (non-hydrogen) atoms. The van der Waals surface area contributed by atoms with E-state index in [9.17, 15) is 10.5 Å². The molecule has 7 aromatic rings. The van der Waals surface area contributed by atoms with Crippen molar-refractivity contribution >= 4 is 16.9 Å². The van der Waals surface area contributed by atoms with Crippen LogP contribution in [0.3, 0.4) is 0 Å². The lowest BCUT2D eigenvalue weighted by Gasteiger charge is -2.31. The van der Waals surface area contributed by atoms with Gasteiger partial charge in [-0.25, -0.2) is 23.7 Å². The Morgan fingerprint density at radius 3 is 1.78 bits per heavy atom. The monoisotopic (exact) mass is 714 g/mol. The summed E-state index contributed by atoms with van der Waals surface area (Å²) in [5.74, 6) is -0.205. The van der Waals surface area contributed by atoms with Crippen LogP contribution >= 0.6 is 0 Å². The Morgan fingerprint density at radius 2 is 1.15 bits per heavy atom. The van der Waals surface area contributed by atoms with Crippen molar-refractivity contribution < 1.29 is 8.78 Å². The number of aromatic nitrogens is 3. The highest BCUT2D eigenvalue weighted by atomic mass is 19.1. The van der Waals surface area contributed by atoms with Gasteiger partial charge in [0.15, 0.2) is 17.5 Å². The quantitative estimate of drug-likeness (QED) is 0.170. The van der Waals surface area contributed by atoms with Gasteiger partial charge in [0.25, 0.3) is 0 Å². The van der Waals surface area contributed by atoms with Crippen molar-refractivity contribution in [2.24, 2.45) is 0 Å². The van der Waals surface area contributed by atoms with Gasteiger partial charge in [-0.05, 0) is 70.8 Å². The first-order valence-corrected chi connectivity index (χ1v) is 17.7. The molecule has 6 aromatic carbocycles. The van der Waals surface area contributed by atoms with Crippen LogP contribution in [0, 0.1) is 34.3 Å². The Bertz CT molecular complexity index is 2670. The summed E-state index contributed by atoms with van der Waals surface area (Å²) >= 11 is 0. The number of allylic oxidation sites excluding steroid dienone is 2. The number of hydrogen-bond acceptors (Lipinski definition) is 6. The molecule has 2 atom stereocenters. The van der Waals surface area contributed by atoms with Gasteiger partial charge in [-0.1, -0.05) is 109 Å². The maximum Gasteiger partial charge on any atom is 0.166 e. The molecule has 8 heteroatoms. The summed E-state index contributed by atoms with van der Waals surface area (Å²) in [6, 6.07) is 46.0. The molecule has 1 aliphatic carbocycles. The van der Waals surface area contributed by atoms with Crippen LogP contribution in [0.25, 0.3) is 50.9 Å². The van der Waals surface area contributed by atoms with E-state index in [4.69, 9.17) is 15.0 Å². The molecule has 2 unspecified atom stereocenters. The van der Waals surface area contributed by atoms with Gasteiger partial charge < -0.3 is 4.90 Å².